The van der Waals surface area contributed by atoms with Crippen LogP contribution in [0.25, 0.3) is 89.7 Å². The molecule has 2 aliphatic rings. The van der Waals surface area contributed by atoms with Gasteiger partial charge in [0.1, 0.15) is 24.3 Å². The number of rotatable bonds is 15. The normalized spacial score (nSPS) is 10.7. The number of benzene rings is 6. The van der Waals surface area contributed by atoms with Crippen molar-refractivity contribution in [3.63, 3.8) is 0 Å². The maximum atomic E-state index is 13.9. The summed E-state index contributed by atoms with van der Waals surface area (Å²) in [6, 6.07) is 38.7. The van der Waals surface area contributed by atoms with E-state index in [2.05, 4.69) is 30.6 Å². The van der Waals surface area contributed by atoms with Gasteiger partial charge in [0.2, 0.25) is 0 Å². The molecule has 8 bridgehead atoms. The Kier molecular flexibility index (Phi) is 21.4. The molecule has 5 aromatic heterocycles. The van der Waals surface area contributed by atoms with E-state index >= 15 is 0 Å². The zero-order valence-electron chi connectivity index (χ0n) is 49.1. The van der Waals surface area contributed by atoms with Crippen LogP contribution in [0.15, 0.2) is 134 Å². The van der Waals surface area contributed by atoms with Gasteiger partial charge in [-0.2, -0.15) is 21.0 Å². The number of hydrogen-bond donors (Lipinski definition) is 8. The molecule has 13 rings (SSSR count). The second-order valence-electron chi connectivity index (χ2n) is 20.7. The molecule has 0 spiro atoms. The van der Waals surface area contributed by atoms with Crippen LogP contribution in [0.2, 0.25) is 0 Å². The first kappa shape index (κ1) is 65.8. The Morgan fingerprint density at radius 1 is 0.516 bits per heavy atom. The maximum Gasteiger partial charge on any atom is 2.00 e. The number of amides is 2. The van der Waals surface area contributed by atoms with Crippen molar-refractivity contribution < 1.29 is 55.4 Å². The Balaban J connectivity index is 0.000000284. The predicted molar refractivity (Wildman–Crippen MR) is 340 cm³/mol. The van der Waals surface area contributed by atoms with E-state index in [0.717, 1.165) is 43.5 Å². The molecule has 11 aromatic rings. The van der Waals surface area contributed by atoms with Crippen LogP contribution >= 0.6 is 0 Å². The fraction of sp³-hybridized carbons (Fsp3) is 0.164. The van der Waals surface area contributed by atoms with Crippen molar-refractivity contribution in [2.75, 3.05) is 13.1 Å². The van der Waals surface area contributed by atoms with Gasteiger partial charge in [-0.15, -0.1) is 0 Å². The van der Waals surface area contributed by atoms with Crippen LogP contribution in [0, 0.1) is 45.3 Å². The summed E-state index contributed by atoms with van der Waals surface area (Å²) < 4.78 is 0. The van der Waals surface area contributed by atoms with Crippen LogP contribution in [0.3, 0.4) is 0 Å². The molecular weight excluding hydrogens is 1230 g/mol. The predicted octanol–water partition coefficient (Wildman–Crippen LogP) is 7.18. The van der Waals surface area contributed by atoms with E-state index in [0.29, 0.717) is 136 Å². The van der Waals surface area contributed by atoms with Gasteiger partial charge in [0.15, 0.2) is 0 Å². The van der Waals surface area contributed by atoms with Crippen LogP contribution < -0.4 is 20.6 Å². The van der Waals surface area contributed by atoms with Gasteiger partial charge in [0, 0.05) is 84.4 Å². The number of aromatic amines is 2. The maximum absolute atomic E-state index is 13.9. The van der Waals surface area contributed by atoms with Gasteiger partial charge in [-0.3, -0.25) is 9.59 Å². The third-order valence-electron chi connectivity index (χ3n) is 14.9. The molecule has 469 valence electrons. The van der Waals surface area contributed by atoms with Crippen molar-refractivity contribution in [3.8, 4) is 69.8 Å². The number of unbranched alkanes of at least 4 members (excludes halogenated alkanes) is 1. The molecule has 93 heavy (non-hydrogen) atoms. The Hall–Kier alpha value is -11.7. The summed E-state index contributed by atoms with van der Waals surface area (Å²) >= 11 is 0. The number of aliphatic hydroxyl groups excluding tert-OH is 4. The van der Waals surface area contributed by atoms with Crippen molar-refractivity contribution in [3.05, 3.63) is 201 Å². The van der Waals surface area contributed by atoms with Crippen LogP contribution in [0.5, 0.6) is 0 Å². The van der Waals surface area contributed by atoms with E-state index in [1.165, 1.54) is 18.2 Å². The standard InChI is InChI=1S/C43H34N11O4.C15H13N5O.C9H6N2O.Cu.H2O.2H2/c55-18-22-7-10-26-31(14-22)39-48-35(26)47-38-29-5-3-6-30(43(58)45-13-2-1-4-25-17-44-21-46-25)34(29)42(54-38)53-37-28-12-9-24(20-57)16-33(28)41(51-37)52-40-32-15-23(19-56)8-11-27(32)36(49-39)50-40;16-7-11-3-1-5-13(14(11)8-17)15(21)19-6-2-4-12-9-18-10-20-12;10-4-8-2-1-7(6-12)3-9(8)5-11;;;;/h3,5-12,14-17,21,55-57H,1-2,4,13,18-20H2,(H3-,44,45,46,47,48,49,50,51,52,53,54,58);1,3,5,9-10H,2,4,6H2,(H,18,20)(H,19,21);1-3,12H,6H2;;1H2;2*1H/q-1;;;+2;;;/p-1. The first-order chi connectivity index (χ1) is 44.5. The minimum Gasteiger partial charge on any atom is -0.412 e. The Morgan fingerprint density at radius 2 is 1.06 bits per heavy atom. The van der Waals surface area contributed by atoms with Gasteiger partial charge in [0.25, 0.3) is 11.8 Å². The zero-order valence-corrected chi connectivity index (χ0v) is 50.1. The minimum absolute atomic E-state index is 0. The van der Waals surface area contributed by atoms with E-state index in [-0.39, 0.29) is 86.2 Å². The van der Waals surface area contributed by atoms with Gasteiger partial charge >= 0.3 is 17.1 Å². The molecule has 0 atom stereocenters. The molecule has 6 aromatic carbocycles. The third kappa shape index (κ3) is 14.3. The number of carbonyl (C=O) groups is 2. The van der Waals surface area contributed by atoms with Crippen molar-refractivity contribution in [1.29, 1.82) is 21.0 Å². The molecule has 10 N–H and O–H groups in total. The zero-order chi connectivity index (χ0) is 63.4. The molecule has 0 fully saturated rings. The van der Waals surface area contributed by atoms with Crippen molar-refractivity contribution >= 4 is 55.9 Å². The summed E-state index contributed by atoms with van der Waals surface area (Å²) in [7, 11) is 0. The molecule has 1 radical (unpaired) electrons. The fourth-order valence-corrected chi connectivity index (χ4v) is 10.3. The number of nitrogens with one attached hydrogen (secondary N) is 4. The van der Waals surface area contributed by atoms with Crippen LogP contribution in [-0.4, -0.2) is 101 Å². The molecule has 0 aliphatic carbocycles. The number of aliphatic hydroxyl groups is 4. The SMILES string of the molecule is N#Cc1ccc(CO)cc1C#N.N#Cc1cccc(C(=O)NCCCc2cnc[nH]2)c1C#N.O.O=C(NCCCCc1c[nH]cn1)c1cccc2c1-c1nc-2nc2[n-]c(nc3nc(nc4[n-]c(n1)c1ccc(CO)cc41)-c1cc(CO)ccc1-3)c1cc(CO)ccc21.[Cu+2].[HH].[HH]. The summed E-state index contributed by atoms with van der Waals surface area (Å²) in [5.74, 6) is 0.572. The van der Waals surface area contributed by atoms with Crippen molar-refractivity contribution in [2.45, 2.75) is 58.5 Å². The molecule has 0 saturated heterocycles. The Morgan fingerprint density at radius 3 is 1.68 bits per heavy atom. The summed E-state index contributed by atoms with van der Waals surface area (Å²) in [4.78, 5) is 79.7. The topological polar surface area (TPSA) is 429 Å². The summed E-state index contributed by atoms with van der Waals surface area (Å²) in [5.41, 5.74) is 9.88. The summed E-state index contributed by atoms with van der Waals surface area (Å²) in [5, 5.41) is 82.5. The van der Waals surface area contributed by atoms with Gasteiger partial charge < -0.3 is 76.4 Å². The van der Waals surface area contributed by atoms with Crippen molar-refractivity contribution in [2.24, 2.45) is 0 Å². The number of imidazole rings is 2. The van der Waals surface area contributed by atoms with Crippen molar-refractivity contribution in [1.82, 2.24) is 70.4 Å². The molecule has 0 saturated carbocycles. The Labute approximate surface area is 543 Å². The largest absolute Gasteiger partial charge is 2.00 e. The quantitative estimate of drug-likeness (QED) is 0.0372. The molecule has 7 heterocycles. The average Bonchev–Trinajstić information content (AvgIpc) is 1.60. The second-order valence-corrected chi connectivity index (χ2v) is 20.7. The summed E-state index contributed by atoms with van der Waals surface area (Å²) in [6.07, 6.45) is 10.8. The average molecular weight is 1290 g/mol. The van der Waals surface area contributed by atoms with E-state index in [9.17, 15) is 24.9 Å². The number of nitriles is 4. The molecule has 25 nitrogen and oxygen atoms in total. The van der Waals surface area contributed by atoms with E-state index in [4.69, 9.17) is 66.0 Å². The van der Waals surface area contributed by atoms with Gasteiger partial charge in [-0.1, -0.05) is 60.7 Å². The second kappa shape index (κ2) is 30.2. The first-order valence-corrected chi connectivity index (χ1v) is 28.6. The monoisotopic (exact) mass is 1290 g/mol. The molecule has 2 amide bonds. The van der Waals surface area contributed by atoms with Crippen LogP contribution in [0.4, 0.5) is 0 Å². The molecule has 2 aliphatic heterocycles. The number of nitrogens with zero attached hydrogens (tertiary/aromatic N) is 14. The molecular formula is C67H58CuN18O7. The van der Waals surface area contributed by atoms with E-state index in [1.807, 2.05) is 72.9 Å². The number of aromatic nitrogens is 12. The Bertz CT molecular complexity index is 4960. The van der Waals surface area contributed by atoms with E-state index in [1.54, 1.807) is 67.4 Å². The number of H-pyrrole nitrogens is 2. The van der Waals surface area contributed by atoms with Gasteiger partial charge in [-0.05, 0) is 124 Å². The first-order valence-electron chi connectivity index (χ1n) is 28.6. The van der Waals surface area contributed by atoms with Gasteiger partial charge in [-0.25, -0.2) is 19.9 Å². The smallest absolute Gasteiger partial charge is 0.412 e. The van der Waals surface area contributed by atoms with Crippen LogP contribution in [0.1, 0.15) is 98.7 Å². The molecule has 0 unspecified atom stereocenters. The number of hydrogen-bond acceptors (Lipinski definition) is 18. The third-order valence-corrected chi connectivity index (χ3v) is 14.9. The minimum atomic E-state index is -0.340. The van der Waals surface area contributed by atoms with Gasteiger partial charge in [0.05, 0.1) is 95.9 Å². The number of aryl methyl sites for hydroxylation is 2. The number of carbonyl (C=O) groups excluding carboxylic acids is 2. The fourth-order valence-electron chi connectivity index (χ4n) is 10.3. The number of fused-ring (bicyclic) bond motifs is 20. The summed E-state index contributed by atoms with van der Waals surface area (Å²) in [6.45, 7) is 0.260. The molecule has 26 heteroatoms. The van der Waals surface area contributed by atoms with Crippen LogP contribution in [-0.2, 0) is 56.3 Å². The van der Waals surface area contributed by atoms with E-state index < -0.39 is 0 Å².